The standard InChI is InChI=1S/C17H17ClO3/c1-10-5-12(8-13(18)6-10)17(19)14-9-16(21-4)15(20-3)7-11(14)2/h5-9H,1-4H3. The zero-order valence-corrected chi connectivity index (χ0v) is 13.2. The molecule has 2 aromatic carbocycles. The van der Waals surface area contributed by atoms with Gasteiger partial charge in [-0.1, -0.05) is 11.6 Å². The molecular formula is C17H17ClO3. The quantitative estimate of drug-likeness (QED) is 0.794. The molecule has 0 radical (unpaired) electrons. The van der Waals surface area contributed by atoms with Crippen molar-refractivity contribution in [3.8, 4) is 11.5 Å². The molecule has 2 aromatic rings. The van der Waals surface area contributed by atoms with Crippen LogP contribution in [-0.4, -0.2) is 20.0 Å². The Morgan fingerprint density at radius 2 is 1.57 bits per heavy atom. The number of rotatable bonds is 4. The fourth-order valence-corrected chi connectivity index (χ4v) is 2.54. The third kappa shape index (κ3) is 3.19. The molecule has 0 amide bonds. The van der Waals surface area contributed by atoms with Crippen molar-refractivity contribution < 1.29 is 14.3 Å². The van der Waals surface area contributed by atoms with Gasteiger partial charge in [-0.2, -0.15) is 0 Å². The minimum Gasteiger partial charge on any atom is -0.493 e. The van der Waals surface area contributed by atoms with Crippen molar-refractivity contribution >= 4 is 17.4 Å². The summed E-state index contributed by atoms with van der Waals surface area (Å²) in [4.78, 5) is 12.7. The highest BCUT2D eigenvalue weighted by molar-refractivity contribution is 6.31. The van der Waals surface area contributed by atoms with E-state index in [0.29, 0.717) is 27.6 Å². The number of methoxy groups -OCH3 is 2. The molecule has 0 spiro atoms. The topological polar surface area (TPSA) is 35.5 Å². The predicted molar refractivity (Wildman–Crippen MR) is 83.9 cm³/mol. The van der Waals surface area contributed by atoms with E-state index in [4.69, 9.17) is 21.1 Å². The lowest BCUT2D eigenvalue weighted by atomic mass is 9.97. The maximum absolute atomic E-state index is 12.7. The fraction of sp³-hybridized carbons (Fsp3) is 0.235. The number of hydrogen-bond donors (Lipinski definition) is 0. The SMILES string of the molecule is COc1cc(C)c(C(=O)c2cc(C)cc(Cl)c2)cc1OC. The average molecular weight is 305 g/mol. The van der Waals surface area contributed by atoms with Crippen molar-refractivity contribution in [2.75, 3.05) is 14.2 Å². The Labute approximate surface area is 129 Å². The summed E-state index contributed by atoms with van der Waals surface area (Å²) in [7, 11) is 3.12. The van der Waals surface area contributed by atoms with Crippen molar-refractivity contribution in [2.45, 2.75) is 13.8 Å². The second-order valence-corrected chi connectivity index (χ2v) is 5.30. The van der Waals surface area contributed by atoms with Crippen LogP contribution >= 0.6 is 11.6 Å². The molecule has 21 heavy (non-hydrogen) atoms. The molecule has 0 aromatic heterocycles. The van der Waals surface area contributed by atoms with Crippen LogP contribution in [-0.2, 0) is 0 Å². The van der Waals surface area contributed by atoms with Crippen molar-refractivity contribution in [3.63, 3.8) is 0 Å². The van der Waals surface area contributed by atoms with Gasteiger partial charge in [0.25, 0.3) is 0 Å². The number of aryl methyl sites for hydroxylation is 2. The van der Waals surface area contributed by atoms with Crippen LogP contribution in [0.2, 0.25) is 5.02 Å². The van der Waals surface area contributed by atoms with E-state index >= 15 is 0 Å². The van der Waals surface area contributed by atoms with Crippen LogP contribution in [0, 0.1) is 13.8 Å². The minimum absolute atomic E-state index is 0.0842. The molecule has 0 saturated heterocycles. The van der Waals surface area contributed by atoms with E-state index in [1.54, 1.807) is 32.4 Å². The number of halogens is 1. The lowest BCUT2D eigenvalue weighted by Gasteiger charge is -2.12. The predicted octanol–water partition coefficient (Wildman–Crippen LogP) is 4.21. The molecule has 4 heteroatoms. The number of carbonyl (C=O) groups excluding carboxylic acids is 1. The third-order valence-electron chi connectivity index (χ3n) is 3.28. The summed E-state index contributed by atoms with van der Waals surface area (Å²) in [6.45, 7) is 3.77. The number of benzene rings is 2. The van der Waals surface area contributed by atoms with Gasteiger partial charge in [-0.15, -0.1) is 0 Å². The zero-order valence-electron chi connectivity index (χ0n) is 12.5. The first-order valence-corrected chi connectivity index (χ1v) is 6.88. The molecule has 0 fully saturated rings. The van der Waals surface area contributed by atoms with Gasteiger partial charge >= 0.3 is 0 Å². The van der Waals surface area contributed by atoms with Crippen LogP contribution in [0.5, 0.6) is 11.5 Å². The Morgan fingerprint density at radius 3 is 2.14 bits per heavy atom. The van der Waals surface area contributed by atoms with Crippen LogP contribution in [0.25, 0.3) is 0 Å². The highest BCUT2D eigenvalue weighted by Crippen LogP contribution is 2.31. The lowest BCUT2D eigenvalue weighted by molar-refractivity contribution is 0.103. The van der Waals surface area contributed by atoms with Crippen LogP contribution in [0.4, 0.5) is 0 Å². The Kier molecular flexibility index (Phi) is 4.53. The maximum atomic E-state index is 12.7. The normalized spacial score (nSPS) is 10.3. The summed E-state index contributed by atoms with van der Waals surface area (Å²) in [6.07, 6.45) is 0. The first kappa shape index (κ1) is 15.4. The van der Waals surface area contributed by atoms with E-state index in [-0.39, 0.29) is 5.78 Å². The van der Waals surface area contributed by atoms with Crippen molar-refractivity contribution in [2.24, 2.45) is 0 Å². The Bertz CT molecular complexity index is 672. The largest absolute Gasteiger partial charge is 0.493 e. The highest BCUT2D eigenvalue weighted by Gasteiger charge is 2.16. The van der Waals surface area contributed by atoms with Crippen molar-refractivity contribution in [3.05, 3.63) is 57.6 Å². The average Bonchev–Trinajstić information content (AvgIpc) is 2.45. The van der Waals surface area contributed by atoms with Crippen LogP contribution < -0.4 is 9.47 Å². The summed E-state index contributed by atoms with van der Waals surface area (Å²) in [5, 5.41) is 0.552. The number of ether oxygens (including phenoxy) is 2. The van der Waals surface area contributed by atoms with Crippen LogP contribution in [0.1, 0.15) is 27.0 Å². The summed E-state index contributed by atoms with van der Waals surface area (Å²) >= 11 is 6.03. The summed E-state index contributed by atoms with van der Waals surface area (Å²) in [5.41, 5.74) is 2.92. The molecule has 0 aliphatic heterocycles. The van der Waals surface area contributed by atoms with Gasteiger partial charge in [0, 0.05) is 16.1 Å². The highest BCUT2D eigenvalue weighted by atomic mass is 35.5. The smallest absolute Gasteiger partial charge is 0.193 e. The number of carbonyl (C=O) groups is 1. The molecule has 2 rings (SSSR count). The van der Waals surface area contributed by atoms with E-state index in [9.17, 15) is 4.79 Å². The Balaban J connectivity index is 2.52. The molecule has 0 atom stereocenters. The van der Waals surface area contributed by atoms with Gasteiger partial charge in [0.2, 0.25) is 0 Å². The molecule has 0 aliphatic carbocycles. The molecule has 0 aliphatic rings. The van der Waals surface area contributed by atoms with Gasteiger partial charge in [-0.25, -0.2) is 0 Å². The zero-order chi connectivity index (χ0) is 15.6. The van der Waals surface area contributed by atoms with Gasteiger partial charge in [0.15, 0.2) is 17.3 Å². The fourth-order valence-electron chi connectivity index (χ4n) is 2.25. The monoisotopic (exact) mass is 304 g/mol. The van der Waals surface area contributed by atoms with E-state index in [1.807, 2.05) is 26.0 Å². The van der Waals surface area contributed by atoms with Crippen molar-refractivity contribution in [1.29, 1.82) is 0 Å². The lowest BCUT2D eigenvalue weighted by Crippen LogP contribution is -2.05. The molecular weight excluding hydrogens is 288 g/mol. The Morgan fingerprint density at radius 1 is 0.952 bits per heavy atom. The van der Waals surface area contributed by atoms with Gasteiger partial charge in [-0.05, 0) is 55.3 Å². The van der Waals surface area contributed by atoms with Gasteiger partial charge in [0.05, 0.1) is 14.2 Å². The minimum atomic E-state index is -0.0842. The number of ketones is 1. The first-order valence-electron chi connectivity index (χ1n) is 6.50. The van der Waals surface area contributed by atoms with Gasteiger partial charge in [0.1, 0.15) is 0 Å². The van der Waals surface area contributed by atoms with Crippen LogP contribution in [0.3, 0.4) is 0 Å². The molecule has 0 saturated carbocycles. The summed E-state index contributed by atoms with van der Waals surface area (Å²) in [6, 6.07) is 8.81. The summed E-state index contributed by atoms with van der Waals surface area (Å²) < 4.78 is 10.5. The van der Waals surface area contributed by atoms with E-state index in [0.717, 1.165) is 11.1 Å². The second-order valence-electron chi connectivity index (χ2n) is 4.87. The molecule has 3 nitrogen and oxygen atoms in total. The van der Waals surface area contributed by atoms with E-state index in [1.165, 1.54) is 0 Å². The molecule has 0 unspecified atom stereocenters. The molecule has 0 N–H and O–H groups in total. The molecule has 0 heterocycles. The second kappa shape index (κ2) is 6.19. The summed E-state index contributed by atoms with van der Waals surface area (Å²) in [5.74, 6) is 1.05. The molecule has 0 bridgehead atoms. The van der Waals surface area contributed by atoms with Crippen molar-refractivity contribution in [1.82, 2.24) is 0 Å². The Hall–Kier alpha value is -2.00. The van der Waals surface area contributed by atoms with Gasteiger partial charge < -0.3 is 9.47 Å². The third-order valence-corrected chi connectivity index (χ3v) is 3.50. The van der Waals surface area contributed by atoms with Gasteiger partial charge in [-0.3, -0.25) is 4.79 Å². The van der Waals surface area contributed by atoms with Crippen LogP contribution in [0.15, 0.2) is 30.3 Å². The maximum Gasteiger partial charge on any atom is 0.193 e. The first-order chi connectivity index (χ1) is 9.96. The van der Waals surface area contributed by atoms with E-state index < -0.39 is 0 Å². The van der Waals surface area contributed by atoms with E-state index in [2.05, 4.69) is 0 Å². The number of hydrogen-bond acceptors (Lipinski definition) is 3. The molecule has 110 valence electrons.